The molecule has 4 amide bonds. The Labute approximate surface area is 383 Å². The van der Waals surface area contributed by atoms with Crippen molar-refractivity contribution < 1.29 is 33.4 Å². The summed E-state index contributed by atoms with van der Waals surface area (Å²) in [6.45, 7) is 19.8. The van der Waals surface area contributed by atoms with Crippen molar-refractivity contribution in [2.24, 2.45) is 68.5 Å². The number of rotatable bonds is 28. The van der Waals surface area contributed by atoms with E-state index in [2.05, 4.69) is 72.3 Å². The first kappa shape index (κ1) is 52.5. The third-order valence-electron chi connectivity index (χ3n) is 14.9. The van der Waals surface area contributed by atoms with E-state index in [0.717, 1.165) is 54.8 Å². The maximum atomic E-state index is 12.9. The second kappa shape index (κ2) is 26.1. The predicted molar refractivity (Wildman–Crippen MR) is 250 cm³/mol. The van der Waals surface area contributed by atoms with Crippen LogP contribution in [0.1, 0.15) is 131 Å². The van der Waals surface area contributed by atoms with E-state index >= 15 is 0 Å². The Hall–Kier alpha value is -4.14. The second-order valence-corrected chi connectivity index (χ2v) is 19.8. The van der Waals surface area contributed by atoms with E-state index in [-0.39, 0.29) is 75.0 Å². The minimum Gasteiger partial charge on any atom is -0.446 e. The average Bonchev–Trinajstić information content (AvgIpc) is 3.60. The Morgan fingerprint density at radius 3 is 2.31 bits per heavy atom. The van der Waals surface area contributed by atoms with Crippen LogP contribution in [0.2, 0.25) is 0 Å². The van der Waals surface area contributed by atoms with Crippen LogP contribution in [0.4, 0.5) is 4.79 Å². The summed E-state index contributed by atoms with van der Waals surface area (Å²) in [6, 6.07) is -0.957. The number of nitrogens with one attached hydrogen (secondary N) is 5. The summed E-state index contributed by atoms with van der Waals surface area (Å²) in [4.78, 5) is 54.7. The van der Waals surface area contributed by atoms with Gasteiger partial charge in [0.05, 0.1) is 19.8 Å². The largest absolute Gasteiger partial charge is 0.446 e. The average molecular weight is 899 g/mol. The lowest BCUT2D eigenvalue weighted by molar-refractivity contribution is -0.132. The third-order valence-corrected chi connectivity index (χ3v) is 14.9. The van der Waals surface area contributed by atoms with Crippen molar-refractivity contribution >= 4 is 29.8 Å². The van der Waals surface area contributed by atoms with Gasteiger partial charge in [0, 0.05) is 45.6 Å². The number of hydrogen-bond acceptors (Lipinski definition) is 10. The molecule has 0 aromatic carbocycles. The van der Waals surface area contributed by atoms with Crippen molar-refractivity contribution in [2.45, 2.75) is 143 Å². The van der Waals surface area contributed by atoms with Gasteiger partial charge in [-0.05, 0) is 111 Å². The Balaban J connectivity index is 1.11. The number of alkyl carbamates (subject to hydrolysis) is 1. The summed E-state index contributed by atoms with van der Waals surface area (Å²) in [7, 11) is 0. The van der Waals surface area contributed by atoms with Crippen molar-refractivity contribution in [2.75, 3.05) is 59.2 Å². The Kier molecular flexibility index (Phi) is 21.4. The zero-order chi connectivity index (χ0) is 46.7. The summed E-state index contributed by atoms with van der Waals surface area (Å²) in [5.41, 5.74) is 18.2. The van der Waals surface area contributed by atoms with Crippen LogP contribution >= 0.6 is 0 Å². The monoisotopic (exact) mass is 899 g/mol. The third kappa shape index (κ3) is 16.1. The van der Waals surface area contributed by atoms with Crippen LogP contribution in [0.15, 0.2) is 22.5 Å². The summed E-state index contributed by atoms with van der Waals surface area (Å²) < 4.78 is 17.0. The molecule has 9 atom stereocenters. The molecular formula is C48H84N9O7+. The molecule has 64 heavy (non-hydrogen) atoms. The standard InChI is InChI=1S/C48H83N9O7/c1-32(2)10-7-11-33(3)38-14-15-39-37-13-12-35-30-36(18-20-47(35,5)40(37)19-21-48(38,39)6)64-46(61)56-26-27-62-28-29-63-31-43(59)57-41(44(60)54-24-8-22-52-34(4)49)16-17-42(58)53-23-9-25-55-45(50)51/h4,12,32-33,36-41,52H,7-11,13-31,49H2,1-3,5-6H3,(H7-,50,51,53,54,55,56,57,58,59,60,61)/p+1. The molecule has 0 bridgehead atoms. The summed E-state index contributed by atoms with van der Waals surface area (Å²) in [5.74, 6) is 3.62. The molecule has 16 nitrogen and oxygen atoms in total. The smallest absolute Gasteiger partial charge is 0.407 e. The maximum Gasteiger partial charge on any atom is 0.407 e. The molecule has 0 aromatic rings. The van der Waals surface area contributed by atoms with E-state index in [1.54, 1.807) is 0 Å². The molecule has 0 radical (unpaired) electrons. The quantitative estimate of drug-likeness (QED) is 0.0178. The molecule has 4 aliphatic carbocycles. The molecule has 0 spiro atoms. The number of amides is 4. The Morgan fingerprint density at radius 1 is 0.812 bits per heavy atom. The van der Waals surface area contributed by atoms with Gasteiger partial charge in [0.1, 0.15) is 18.8 Å². The highest BCUT2D eigenvalue weighted by atomic mass is 16.6. The molecule has 16 heteroatoms. The topological polar surface area (TPSA) is 247 Å². The molecule has 9 unspecified atom stereocenters. The second-order valence-electron chi connectivity index (χ2n) is 19.8. The van der Waals surface area contributed by atoms with Gasteiger partial charge in [-0.3, -0.25) is 19.4 Å². The summed E-state index contributed by atoms with van der Waals surface area (Å²) in [6.07, 6.45) is 16.6. The fraction of sp³-hybridized carbons (Fsp3) is 0.812. The highest BCUT2D eigenvalue weighted by molar-refractivity contribution is 5.88. The van der Waals surface area contributed by atoms with E-state index in [1.165, 1.54) is 56.9 Å². The van der Waals surface area contributed by atoms with E-state index in [1.807, 2.05) is 0 Å². The van der Waals surface area contributed by atoms with E-state index in [0.29, 0.717) is 44.4 Å². The highest BCUT2D eigenvalue weighted by Gasteiger charge is 2.59. The molecule has 0 aromatic heterocycles. The molecule has 3 fully saturated rings. The SMILES string of the molecule is [CH+]=C(N)NCCCNC(=O)C(CCC(=O)NCCCN=C(N)N)NC(=O)COCCOCCNC(=O)OC1CCC2(C)C(=CCC3C2CCC2(C)C(C(C)CCCC(C)C)CCC32)C1. The van der Waals surface area contributed by atoms with Crippen LogP contribution in [0.3, 0.4) is 0 Å². The number of nitrogens with zero attached hydrogens (tertiary/aromatic N) is 1. The minimum atomic E-state index is -0.957. The summed E-state index contributed by atoms with van der Waals surface area (Å²) >= 11 is 0. The minimum absolute atomic E-state index is 0.00891. The number of guanidine groups is 1. The van der Waals surface area contributed by atoms with Gasteiger partial charge in [-0.15, -0.1) is 0 Å². The van der Waals surface area contributed by atoms with Gasteiger partial charge in [0.15, 0.2) is 5.96 Å². The van der Waals surface area contributed by atoms with Crippen LogP contribution in [-0.2, 0) is 28.6 Å². The lowest BCUT2D eigenvalue weighted by Gasteiger charge is -2.58. The van der Waals surface area contributed by atoms with Crippen molar-refractivity contribution in [3.05, 3.63) is 24.0 Å². The molecule has 0 heterocycles. The van der Waals surface area contributed by atoms with Crippen molar-refractivity contribution in [1.82, 2.24) is 26.6 Å². The lowest BCUT2D eigenvalue weighted by Crippen LogP contribution is -2.51. The number of carbonyl (C=O) groups is 4. The number of carbonyl (C=O) groups excluding carboxylic acids is 4. The van der Waals surface area contributed by atoms with Crippen molar-refractivity contribution in [3.63, 3.8) is 0 Å². The highest BCUT2D eigenvalue weighted by Crippen LogP contribution is 2.67. The van der Waals surface area contributed by atoms with Gasteiger partial charge in [0.2, 0.25) is 17.7 Å². The lowest BCUT2D eigenvalue weighted by atomic mass is 9.47. The van der Waals surface area contributed by atoms with Crippen LogP contribution < -0.4 is 43.8 Å². The van der Waals surface area contributed by atoms with Gasteiger partial charge in [-0.1, -0.05) is 65.5 Å². The number of allylic oxidation sites excluding steroid dienone is 1. The Bertz CT molecular complexity index is 1590. The van der Waals surface area contributed by atoms with Gasteiger partial charge in [0.25, 0.3) is 6.58 Å². The van der Waals surface area contributed by atoms with Gasteiger partial charge in [-0.25, -0.2) is 4.79 Å². The Morgan fingerprint density at radius 2 is 1.56 bits per heavy atom. The molecule has 0 aliphatic heterocycles. The van der Waals surface area contributed by atoms with Crippen molar-refractivity contribution in [1.29, 1.82) is 0 Å². The van der Waals surface area contributed by atoms with Crippen molar-refractivity contribution in [3.8, 4) is 0 Å². The van der Waals surface area contributed by atoms with Gasteiger partial charge >= 0.3 is 11.9 Å². The first-order chi connectivity index (χ1) is 30.5. The summed E-state index contributed by atoms with van der Waals surface area (Å²) in [5, 5.41) is 13.8. The molecule has 3 saturated carbocycles. The van der Waals surface area contributed by atoms with Crippen LogP contribution in [-0.4, -0.2) is 101 Å². The predicted octanol–water partition coefficient (Wildman–Crippen LogP) is 4.53. The molecule has 11 N–H and O–H groups in total. The molecule has 0 saturated heterocycles. The number of hydrogen-bond donors (Lipinski definition) is 8. The molecule has 362 valence electrons. The van der Waals surface area contributed by atoms with E-state index in [9.17, 15) is 19.2 Å². The molecular weight excluding hydrogens is 815 g/mol. The number of nitrogens with two attached hydrogens (primary N) is 3. The zero-order valence-corrected chi connectivity index (χ0v) is 39.8. The fourth-order valence-corrected chi connectivity index (χ4v) is 11.6. The number of fused-ring (bicyclic) bond motifs is 5. The van der Waals surface area contributed by atoms with Crippen LogP contribution in [0.5, 0.6) is 0 Å². The van der Waals surface area contributed by atoms with Crippen LogP contribution in [0.25, 0.3) is 0 Å². The van der Waals surface area contributed by atoms with E-state index in [4.69, 9.17) is 38.0 Å². The molecule has 4 aliphatic rings. The van der Waals surface area contributed by atoms with Crippen LogP contribution in [0, 0.1) is 52.9 Å². The zero-order valence-electron chi connectivity index (χ0n) is 39.8. The first-order valence-electron chi connectivity index (χ1n) is 24.3. The number of ether oxygens (including phenoxy) is 3. The first-order valence-corrected chi connectivity index (χ1v) is 24.3. The fourth-order valence-electron chi connectivity index (χ4n) is 11.6. The maximum absolute atomic E-state index is 12.9. The number of aliphatic imine (C=N–C) groups is 1. The van der Waals surface area contributed by atoms with Gasteiger partial charge in [-0.2, -0.15) is 0 Å². The van der Waals surface area contributed by atoms with Gasteiger partial charge < -0.3 is 58.0 Å². The van der Waals surface area contributed by atoms with E-state index < -0.39 is 23.9 Å². The molecule has 4 rings (SSSR count). The normalized spacial score (nSPS) is 26.8.